The first-order chi connectivity index (χ1) is 21.8. The Morgan fingerprint density at radius 1 is 0.978 bits per heavy atom. The fourth-order valence-electron chi connectivity index (χ4n) is 7.23. The maximum Gasteiger partial charge on any atom is 0.328 e. The number of aliphatic carboxylic acids is 1. The molecule has 1 amide bonds. The summed E-state index contributed by atoms with van der Waals surface area (Å²) >= 11 is 0. The Kier molecular flexibility index (Phi) is 7.14. The fraction of sp³-hybridized carbons (Fsp3) is 0.343. The lowest BCUT2D eigenvalue weighted by molar-refractivity contribution is -0.131. The molecular weight excluding hydrogens is 568 g/mol. The molecule has 2 N–H and O–H groups in total. The maximum absolute atomic E-state index is 13.9. The molecule has 3 aromatic heterocycles. The molecule has 10 heteroatoms. The zero-order chi connectivity index (χ0) is 31.3. The van der Waals surface area contributed by atoms with E-state index in [2.05, 4.69) is 26.1 Å². The molecule has 0 unspecified atom stereocenters. The van der Waals surface area contributed by atoms with Crippen molar-refractivity contribution < 1.29 is 19.4 Å². The van der Waals surface area contributed by atoms with Gasteiger partial charge in [-0.2, -0.15) is 0 Å². The van der Waals surface area contributed by atoms with Crippen molar-refractivity contribution in [2.75, 3.05) is 7.11 Å². The number of benzene rings is 2. The second kappa shape index (κ2) is 11.2. The highest BCUT2D eigenvalue weighted by atomic mass is 16.5. The van der Waals surface area contributed by atoms with Crippen molar-refractivity contribution in [1.82, 2.24) is 29.6 Å². The van der Waals surface area contributed by atoms with E-state index in [9.17, 15) is 9.59 Å². The summed E-state index contributed by atoms with van der Waals surface area (Å²) in [5.74, 6) is 0.581. The average molecular weight is 605 g/mol. The predicted molar refractivity (Wildman–Crippen MR) is 172 cm³/mol. The number of carboxylic acids is 1. The van der Waals surface area contributed by atoms with E-state index in [1.165, 1.54) is 18.4 Å². The Labute approximate surface area is 260 Å². The number of hydrogen-bond donors (Lipinski definition) is 2. The van der Waals surface area contributed by atoms with Crippen LogP contribution < -0.4 is 10.1 Å². The summed E-state index contributed by atoms with van der Waals surface area (Å²) in [5, 5.41) is 22.3. The van der Waals surface area contributed by atoms with Crippen molar-refractivity contribution in [3.8, 4) is 17.3 Å². The molecule has 2 aliphatic carbocycles. The lowest BCUT2D eigenvalue weighted by Crippen LogP contribution is -2.52. The second-order valence-electron chi connectivity index (χ2n) is 12.3. The third kappa shape index (κ3) is 4.94. The number of fused-ring (bicyclic) bond motifs is 2. The summed E-state index contributed by atoms with van der Waals surface area (Å²) in [4.78, 5) is 29.9. The minimum absolute atomic E-state index is 0.136. The lowest BCUT2D eigenvalue weighted by atomic mass is 9.75. The molecule has 3 heterocycles. The van der Waals surface area contributed by atoms with Crippen LogP contribution in [0.5, 0.6) is 5.88 Å². The van der Waals surface area contributed by atoms with E-state index in [0.717, 1.165) is 82.9 Å². The third-order valence-corrected chi connectivity index (χ3v) is 9.67. The van der Waals surface area contributed by atoms with Gasteiger partial charge in [-0.3, -0.25) is 4.79 Å². The molecular formula is C35H36N6O4. The molecule has 5 aromatic rings. The number of aromatic nitrogens is 5. The van der Waals surface area contributed by atoms with Crippen LogP contribution in [0.1, 0.15) is 78.2 Å². The van der Waals surface area contributed by atoms with E-state index < -0.39 is 11.5 Å². The Morgan fingerprint density at radius 2 is 1.78 bits per heavy atom. The van der Waals surface area contributed by atoms with E-state index in [-0.39, 0.29) is 5.91 Å². The fourth-order valence-corrected chi connectivity index (χ4v) is 7.23. The number of nitrogens with zero attached hydrogens (tertiary/aromatic N) is 5. The van der Waals surface area contributed by atoms with Gasteiger partial charge in [0.05, 0.1) is 29.4 Å². The molecule has 2 aliphatic rings. The first-order valence-electron chi connectivity index (χ1n) is 15.5. The Balaban J connectivity index is 1.24. The van der Waals surface area contributed by atoms with Gasteiger partial charge >= 0.3 is 5.97 Å². The molecule has 7 rings (SSSR count). The number of ether oxygens (including phenoxy) is 1. The molecule has 2 saturated carbocycles. The van der Waals surface area contributed by atoms with E-state index >= 15 is 0 Å². The van der Waals surface area contributed by atoms with Crippen molar-refractivity contribution in [2.45, 2.75) is 56.4 Å². The first kappa shape index (κ1) is 28.8. The number of carbonyl (C=O) groups is 2. The topological polar surface area (TPSA) is 124 Å². The van der Waals surface area contributed by atoms with Crippen LogP contribution >= 0.6 is 0 Å². The number of methoxy groups -OCH3 is 1. The molecule has 2 aromatic carbocycles. The van der Waals surface area contributed by atoms with Crippen LogP contribution in [0.25, 0.3) is 39.4 Å². The van der Waals surface area contributed by atoms with E-state index in [0.29, 0.717) is 17.4 Å². The maximum atomic E-state index is 13.9. The van der Waals surface area contributed by atoms with Gasteiger partial charge in [0.25, 0.3) is 5.91 Å². The molecule has 0 radical (unpaired) electrons. The summed E-state index contributed by atoms with van der Waals surface area (Å²) in [7, 11) is 5.57. The van der Waals surface area contributed by atoms with Crippen molar-refractivity contribution in [1.29, 1.82) is 0 Å². The van der Waals surface area contributed by atoms with Gasteiger partial charge in [-0.1, -0.05) is 25.0 Å². The van der Waals surface area contributed by atoms with Crippen LogP contribution in [0.3, 0.4) is 0 Å². The van der Waals surface area contributed by atoms with Crippen LogP contribution in [-0.2, 0) is 24.4 Å². The molecule has 10 nitrogen and oxygen atoms in total. The molecule has 0 atom stereocenters. The first-order valence-corrected chi connectivity index (χ1v) is 15.5. The van der Waals surface area contributed by atoms with Gasteiger partial charge in [0.1, 0.15) is 11.5 Å². The van der Waals surface area contributed by atoms with Gasteiger partial charge in [-0.05, 0) is 85.6 Å². The number of amides is 1. The van der Waals surface area contributed by atoms with Crippen molar-refractivity contribution in [2.24, 2.45) is 14.1 Å². The smallest absolute Gasteiger partial charge is 0.328 e. The molecule has 0 saturated heterocycles. The molecule has 0 aliphatic heterocycles. The number of carbonyl (C=O) groups excluding carboxylic acids is 1. The van der Waals surface area contributed by atoms with Crippen LogP contribution in [-0.4, -0.2) is 48.4 Å². The average Bonchev–Trinajstić information content (AvgIpc) is 3.75. The SMILES string of the molecule is COc1ccc(-c2c(C3CCCC3)c3ccc(C(=O)NC4(c5nc6ccc(/C=C/C(=O)O)cc6n5C)CCC4)cc3n2C)nn1. The van der Waals surface area contributed by atoms with Crippen molar-refractivity contribution in [3.05, 3.63) is 77.1 Å². The minimum atomic E-state index is -0.995. The number of imidazole rings is 1. The number of hydrogen-bond acceptors (Lipinski definition) is 6. The van der Waals surface area contributed by atoms with E-state index in [1.54, 1.807) is 13.2 Å². The summed E-state index contributed by atoms with van der Waals surface area (Å²) < 4.78 is 9.41. The van der Waals surface area contributed by atoms with Gasteiger partial charge < -0.3 is 24.3 Å². The zero-order valence-electron chi connectivity index (χ0n) is 25.7. The monoisotopic (exact) mass is 604 g/mol. The highest BCUT2D eigenvalue weighted by molar-refractivity contribution is 6.01. The third-order valence-electron chi connectivity index (χ3n) is 9.67. The summed E-state index contributed by atoms with van der Waals surface area (Å²) in [6, 6.07) is 15.5. The number of aryl methyl sites for hydroxylation is 2. The van der Waals surface area contributed by atoms with Gasteiger partial charge in [0.15, 0.2) is 0 Å². The number of carboxylic acid groups (broad SMARTS) is 1. The quantitative estimate of drug-likeness (QED) is 0.205. The van der Waals surface area contributed by atoms with E-state index in [1.807, 2.05) is 61.1 Å². The second-order valence-corrected chi connectivity index (χ2v) is 12.3. The van der Waals surface area contributed by atoms with Crippen LogP contribution in [0, 0.1) is 0 Å². The van der Waals surface area contributed by atoms with Crippen LogP contribution in [0.2, 0.25) is 0 Å². The Bertz CT molecular complexity index is 1980. The van der Waals surface area contributed by atoms with Crippen molar-refractivity contribution >= 4 is 39.9 Å². The minimum Gasteiger partial charge on any atom is -0.480 e. The van der Waals surface area contributed by atoms with Gasteiger partial charge in [0.2, 0.25) is 5.88 Å². The van der Waals surface area contributed by atoms with Gasteiger partial charge in [-0.25, -0.2) is 9.78 Å². The van der Waals surface area contributed by atoms with Crippen LogP contribution in [0.4, 0.5) is 0 Å². The van der Waals surface area contributed by atoms with E-state index in [4.69, 9.17) is 14.8 Å². The van der Waals surface area contributed by atoms with Crippen molar-refractivity contribution in [3.63, 3.8) is 0 Å². The summed E-state index contributed by atoms with van der Waals surface area (Å²) in [5.41, 5.74) is 6.59. The largest absolute Gasteiger partial charge is 0.480 e. The zero-order valence-corrected chi connectivity index (χ0v) is 25.7. The normalized spacial score (nSPS) is 16.4. The van der Waals surface area contributed by atoms with Crippen LogP contribution in [0.15, 0.2) is 54.6 Å². The lowest BCUT2D eigenvalue weighted by Gasteiger charge is -2.41. The number of nitrogens with one attached hydrogen (secondary N) is 1. The molecule has 2 fully saturated rings. The highest BCUT2D eigenvalue weighted by Gasteiger charge is 2.44. The Hall–Kier alpha value is -4.99. The Morgan fingerprint density at radius 3 is 2.44 bits per heavy atom. The highest BCUT2D eigenvalue weighted by Crippen LogP contribution is 2.45. The number of rotatable bonds is 8. The molecule has 0 bridgehead atoms. The standard InChI is InChI=1S/C35H36N6O4/c1-40-27-20-23(11-12-24(27)31(22-7-4-5-8-22)32(40)26-14-15-29(45-3)39-38-26)33(44)37-35(17-6-18-35)34-36-25-13-9-21(10-16-30(42)43)19-28(25)41(34)2/h9-16,19-20,22H,4-8,17-18H2,1-3H3,(H,37,44)(H,42,43)/b16-10+. The van der Waals surface area contributed by atoms with Gasteiger partial charge in [0, 0.05) is 42.7 Å². The summed E-state index contributed by atoms with van der Waals surface area (Å²) in [6.45, 7) is 0. The molecule has 45 heavy (non-hydrogen) atoms. The molecule has 0 spiro atoms. The summed E-state index contributed by atoms with van der Waals surface area (Å²) in [6.07, 6.45) is 9.95. The van der Waals surface area contributed by atoms with Gasteiger partial charge in [-0.15, -0.1) is 10.2 Å². The molecule has 230 valence electrons. The predicted octanol–water partition coefficient (Wildman–Crippen LogP) is 6.10.